The molecule has 1 aliphatic heterocycles. The second-order valence-electron chi connectivity index (χ2n) is 7.34. The molecule has 4 heterocycles. The van der Waals surface area contributed by atoms with Crippen LogP contribution in [0.4, 0.5) is 5.88 Å². The third-order valence-electron chi connectivity index (χ3n) is 5.32. The molecule has 1 fully saturated rings. The molecule has 1 N–H and O–H groups in total. The Bertz CT molecular complexity index is 1180. The molecule has 3 aromatic heterocycles. The quantitative estimate of drug-likeness (QED) is 0.660. The molecule has 30 heavy (non-hydrogen) atoms. The number of hydrogen-bond acceptors (Lipinski definition) is 8. The van der Waals surface area contributed by atoms with Crippen LogP contribution in [0, 0.1) is 25.2 Å². The van der Waals surface area contributed by atoms with Crippen LogP contribution in [0.3, 0.4) is 0 Å². The molecular formula is C20H22N6O3S. The van der Waals surface area contributed by atoms with Crippen molar-refractivity contribution in [2.45, 2.75) is 20.4 Å². The van der Waals surface area contributed by atoms with Crippen LogP contribution in [0.15, 0.2) is 26.9 Å². The number of carbonyl (C=O) groups is 1. The fraction of sp³-hybridized carbons (Fsp3) is 0.400. The third kappa shape index (κ3) is 4.14. The van der Waals surface area contributed by atoms with Gasteiger partial charge in [0.2, 0.25) is 11.8 Å². The smallest absolute Gasteiger partial charge is 0.258 e. The fourth-order valence-corrected chi connectivity index (χ4v) is 4.26. The summed E-state index contributed by atoms with van der Waals surface area (Å²) in [4.78, 5) is 34.1. The number of carbonyl (C=O) groups excluding carboxylic acids is 1. The molecule has 1 amide bonds. The molecule has 9 nitrogen and oxygen atoms in total. The van der Waals surface area contributed by atoms with Gasteiger partial charge < -0.3 is 4.42 Å². The molecule has 0 aliphatic carbocycles. The first kappa shape index (κ1) is 20.3. The molecule has 3 aromatic rings. The second kappa shape index (κ2) is 8.39. The van der Waals surface area contributed by atoms with Crippen LogP contribution in [0.1, 0.15) is 22.6 Å². The Labute approximate surface area is 177 Å². The first-order valence-electron chi connectivity index (χ1n) is 9.65. The molecule has 0 bridgehead atoms. The number of rotatable bonds is 5. The zero-order valence-corrected chi connectivity index (χ0v) is 17.7. The Hall–Kier alpha value is -3.00. The number of anilines is 1. The molecule has 1 aliphatic rings. The highest BCUT2D eigenvalue weighted by Gasteiger charge is 2.22. The lowest BCUT2D eigenvalue weighted by Gasteiger charge is -2.33. The molecule has 0 unspecified atom stereocenters. The number of aromatic nitrogens is 2. The van der Waals surface area contributed by atoms with Crippen LogP contribution in [0.5, 0.6) is 0 Å². The number of nitrogens with zero attached hydrogens (tertiary/aromatic N) is 5. The van der Waals surface area contributed by atoms with Gasteiger partial charge in [-0.15, -0.1) is 11.3 Å². The average molecular weight is 427 g/mol. The van der Waals surface area contributed by atoms with E-state index in [9.17, 15) is 14.9 Å². The summed E-state index contributed by atoms with van der Waals surface area (Å²) in [5.41, 5.74) is 1.82. The van der Waals surface area contributed by atoms with E-state index < -0.39 is 0 Å². The lowest BCUT2D eigenvalue weighted by molar-refractivity contribution is -0.117. The van der Waals surface area contributed by atoms with Crippen LogP contribution >= 0.6 is 11.3 Å². The van der Waals surface area contributed by atoms with Crippen LogP contribution in [-0.4, -0.2) is 57.8 Å². The largest absolute Gasteiger partial charge is 0.444 e. The number of piperazine rings is 1. The van der Waals surface area contributed by atoms with E-state index in [1.807, 2.05) is 5.38 Å². The predicted octanol–water partition coefficient (Wildman–Crippen LogP) is 1.59. The van der Waals surface area contributed by atoms with Crippen molar-refractivity contribution < 1.29 is 9.21 Å². The average Bonchev–Trinajstić information content (AvgIpc) is 3.28. The highest BCUT2D eigenvalue weighted by atomic mass is 32.1. The number of nitrogens with one attached hydrogen (secondary N) is 1. The second-order valence-corrected chi connectivity index (χ2v) is 8.21. The Kier molecular flexibility index (Phi) is 5.67. The summed E-state index contributed by atoms with van der Waals surface area (Å²) < 4.78 is 7.05. The van der Waals surface area contributed by atoms with Crippen molar-refractivity contribution in [2.24, 2.45) is 0 Å². The van der Waals surface area contributed by atoms with Crippen molar-refractivity contribution in [1.82, 2.24) is 19.2 Å². The minimum Gasteiger partial charge on any atom is -0.444 e. The van der Waals surface area contributed by atoms with Crippen molar-refractivity contribution >= 4 is 28.1 Å². The molecule has 0 saturated carbocycles. The van der Waals surface area contributed by atoms with Gasteiger partial charge in [0.25, 0.3) is 5.56 Å². The summed E-state index contributed by atoms with van der Waals surface area (Å²) in [6.07, 6.45) is 1.73. The Balaban J connectivity index is 1.30. The maximum Gasteiger partial charge on any atom is 0.258 e. The fourth-order valence-electron chi connectivity index (χ4n) is 3.52. The van der Waals surface area contributed by atoms with Crippen molar-refractivity contribution in [1.29, 1.82) is 5.26 Å². The van der Waals surface area contributed by atoms with Crippen molar-refractivity contribution in [3.8, 4) is 6.07 Å². The summed E-state index contributed by atoms with van der Waals surface area (Å²) in [6.45, 7) is 7.43. The van der Waals surface area contributed by atoms with Gasteiger partial charge in [0.05, 0.1) is 12.2 Å². The zero-order valence-electron chi connectivity index (χ0n) is 16.8. The monoisotopic (exact) mass is 426 g/mol. The first-order valence-corrected chi connectivity index (χ1v) is 10.5. The molecule has 0 atom stereocenters. The maximum atomic E-state index is 12.4. The molecule has 4 rings (SSSR count). The summed E-state index contributed by atoms with van der Waals surface area (Å²) in [7, 11) is 0. The third-order valence-corrected chi connectivity index (χ3v) is 6.08. The molecular weight excluding hydrogens is 404 g/mol. The number of fused-ring (bicyclic) bond motifs is 1. The molecule has 1 saturated heterocycles. The van der Waals surface area contributed by atoms with E-state index in [4.69, 9.17) is 4.42 Å². The number of furan rings is 1. The van der Waals surface area contributed by atoms with E-state index >= 15 is 0 Å². The number of hydrogen-bond donors (Lipinski definition) is 1. The standard InChI is InChI=1S/C20H22N6O3S/c1-13-14(2)29-19(16(13)10-21)23-17(27)12-25-5-3-24(4-6-25)11-15-9-18(28)26-7-8-30-20(26)22-15/h7-9H,3-6,11-12H2,1-2H3,(H,23,27). The SMILES string of the molecule is Cc1oc(NC(=O)CN2CCN(Cc3cc(=O)n4ccsc4n3)CC2)c(C#N)c1C. The molecule has 0 radical (unpaired) electrons. The first-order chi connectivity index (χ1) is 14.4. The van der Waals surface area contributed by atoms with Gasteiger partial charge in [-0.25, -0.2) is 4.98 Å². The van der Waals surface area contributed by atoms with Gasteiger partial charge in [0, 0.05) is 55.9 Å². The van der Waals surface area contributed by atoms with Gasteiger partial charge in [0.15, 0.2) is 4.96 Å². The van der Waals surface area contributed by atoms with Crippen molar-refractivity contribution in [3.05, 3.63) is 50.6 Å². The van der Waals surface area contributed by atoms with Crippen molar-refractivity contribution in [3.63, 3.8) is 0 Å². The topological polar surface area (TPSA) is 107 Å². The van der Waals surface area contributed by atoms with Crippen LogP contribution in [0.25, 0.3) is 4.96 Å². The number of aryl methyl sites for hydroxylation is 1. The number of amides is 1. The van der Waals surface area contributed by atoms with Gasteiger partial charge in [-0.3, -0.25) is 29.1 Å². The van der Waals surface area contributed by atoms with Crippen LogP contribution in [-0.2, 0) is 11.3 Å². The van der Waals surface area contributed by atoms with Gasteiger partial charge in [-0.2, -0.15) is 5.26 Å². The van der Waals surface area contributed by atoms with E-state index in [0.717, 1.165) is 37.4 Å². The lowest BCUT2D eigenvalue weighted by Crippen LogP contribution is -2.48. The summed E-state index contributed by atoms with van der Waals surface area (Å²) in [5.74, 6) is 0.647. The van der Waals surface area contributed by atoms with E-state index in [1.165, 1.54) is 11.3 Å². The molecule has 10 heteroatoms. The number of thiazole rings is 1. The minimum absolute atomic E-state index is 0.0632. The lowest BCUT2D eigenvalue weighted by atomic mass is 10.2. The predicted molar refractivity (Wildman–Crippen MR) is 113 cm³/mol. The van der Waals surface area contributed by atoms with E-state index in [-0.39, 0.29) is 23.9 Å². The zero-order chi connectivity index (χ0) is 21.3. The van der Waals surface area contributed by atoms with Gasteiger partial charge in [0.1, 0.15) is 17.4 Å². The maximum absolute atomic E-state index is 12.4. The Morgan fingerprint density at radius 3 is 2.77 bits per heavy atom. The van der Waals surface area contributed by atoms with Gasteiger partial charge in [-0.1, -0.05) is 0 Å². The molecule has 0 aromatic carbocycles. The summed E-state index contributed by atoms with van der Waals surface area (Å²) >= 11 is 1.44. The van der Waals surface area contributed by atoms with E-state index in [2.05, 4.69) is 26.2 Å². The van der Waals surface area contributed by atoms with Crippen molar-refractivity contribution in [2.75, 3.05) is 38.0 Å². The Morgan fingerprint density at radius 1 is 1.30 bits per heavy atom. The van der Waals surface area contributed by atoms with E-state index in [1.54, 1.807) is 30.5 Å². The summed E-state index contributed by atoms with van der Waals surface area (Å²) in [5, 5.41) is 13.8. The molecule has 156 valence electrons. The highest BCUT2D eigenvalue weighted by molar-refractivity contribution is 7.15. The van der Waals surface area contributed by atoms with E-state index in [0.29, 0.717) is 22.8 Å². The normalized spacial score (nSPS) is 15.4. The van der Waals surface area contributed by atoms with Crippen LogP contribution < -0.4 is 10.9 Å². The van der Waals surface area contributed by atoms with Crippen LogP contribution in [0.2, 0.25) is 0 Å². The van der Waals surface area contributed by atoms with Gasteiger partial charge in [-0.05, 0) is 13.8 Å². The highest BCUT2D eigenvalue weighted by Crippen LogP contribution is 2.25. The summed E-state index contributed by atoms with van der Waals surface area (Å²) in [6, 6.07) is 3.66. The Morgan fingerprint density at radius 2 is 2.03 bits per heavy atom. The number of nitriles is 1. The van der Waals surface area contributed by atoms with Gasteiger partial charge >= 0.3 is 0 Å². The molecule has 0 spiro atoms. The minimum atomic E-state index is -0.202.